The quantitative estimate of drug-likeness (QED) is 0.252. The molecule has 0 amide bonds. The number of halogens is 2. The van der Waals surface area contributed by atoms with Gasteiger partial charge in [0.15, 0.2) is 0 Å². The van der Waals surface area contributed by atoms with E-state index in [1.165, 1.54) is 13.8 Å². The lowest BCUT2D eigenvalue weighted by atomic mass is 10.1. The van der Waals surface area contributed by atoms with Crippen molar-refractivity contribution < 1.29 is 19.1 Å². The topological polar surface area (TPSA) is 101 Å². The standard InChI is InChI=1S/C16H19Cl2N3O4S/c1-9(22)24-8-15-16(25-10(2)23)14(20-21-19)5-6-26(15)11-3-4-12(17)13(18)7-11/h3-4,7,14-16,26H,5-6,8H2,1-2H3/t14-,15-,16+/m1/s1. The molecule has 1 fully saturated rings. The summed E-state index contributed by atoms with van der Waals surface area (Å²) in [7, 11) is -0.878. The minimum Gasteiger partial charge on any atom is -0.465 e. The smallest absolute Gasteiger partial charge is 0.302 e. The van der Waals surface area contributed by atoms with Gasteiger partial charge in [-0.25, -0.2) is 10.9 Å². The molecule has 0 aromatic heterocycles. The van der Waals surface area contributed by atoms with Crippen LogP contribution in [0.15, 0.2) is 28.2 Å². The molecule has 4 atom stereocenters. The number of rotatable bonds is 5. The van der Waals surface area contributed by atoms with Crippen molar-refractivity contribution in [3.8, 4) is 0 Å². The van der Waals surface area contributed by atoms with Gasteiger partial charge in [0, 0.05) is 18.8 Å². The third-order valence-corrected chi connectivity index (χ3v) is 7.68. The number of hydrogen-bond donors (Lipinski definition) is 1. The maximum absolute atomic E-state index is 11.6. The molecule has 7 nitrogen and oxygen atoms in total. The highest BCUT2D eigenvalue weighted by atomic mass is 35.5. The van der Waals surface area contributed by atoms with E-state index in [1.54, 1.807) is 12.1 Å². The maximum Gasteiger partial charge on any atom is 0.302 e. The average Bonchev–Trinajstić information content (AvgIpc) is 2.57. The molecule has 2 rings (SSSR count). The molecule has 0 aliphatic carbocycles. The zero-order valence-electron chi connectivity index (χ0n) is 14.3. The van der Waals surface area contributed by atoms with Gasteiger partial charge < -0.3 is 9.47 Å². The molecule has 0 radical (unpaired) electrons. The Morgan fingerprint density at radius 2 is 2.04 bits per heavy atom. The normalized spacial score (nSPS) is 26.5. The van der Waals surface area contributed by atoms with Crippen LogP contribution in [0.4, 0.5) is 0 Å². The Bertz CT molecular complexity index is 742. The van der Waals surface area contributed by atoms with Gasteiger partial charge in [-0.1, -0.05) is 28.3 Å². The van der Waals surface area contributed by atoms with Crippen molar-refractivity contribution in [2.45, 2.75) is 42.6 Å². The van der Waals surface area contributed by atoms with Crippen molar-refractivity contribution >= 4 is 46.0 Å². The first-order chi connectivity index (χ1) is 12.3. The fourth-order valence-corrected chi connectivity index (χ4v) is 6.26. The number of benzene rings is 1. The fourth-order valence-electron chi connectivity index (χ4n) is 2.95. The summed E-state index contributed by atoms with van der Waals surface area (Å²) in [5, 5.41) is 4.35. The zero-order valence-corrected chi connectivity index (χ0v) is 16.7. The molecule has 1 aromatic carbocycles. The predicted molar refractivity (Wildman–Crippen MR) is 102 cm³/mol. The first-order valence-electron chi connectivity index (χ1n) is 7.90. The molecule has 0 spiro atoms. The SMILES string of the molecule is CC(=O)OC[C@@H]1[C@@H](OC(C)=O)[C@H](N=[N+]=[N-])CC[SH]1c1ccc(Cl)c(Cl)c1. The van der Waals surface area contributed by atoms with Crippen LogP contribution < -0.4 is 0 Å². The molecule has 0 bridgehead atoms. The van der Waals surface area contributed by atoms with E-state index < -0.39 is 35.0 Å². The van der Waals surface area contributed by atoms with Crippen LogP contribution in [0, 0.1) is 0 Å². The molecule has 1 unspecified atom stereocenters. The second-order valence-electron chi connectivity index (χ2n) is 5.80. The first kappa shape index (κ1) is 20.7. The van der Waals surface area contributed by atoms with E-state index in [1.807, 2.05) is 6.07 Å². The molecular formula is C16H19Cl2N3O4S. The Labute approximate surface area is 163 Å². The van der Waals surface area contributed by atoms with Crippen molar-refractivity contribution in [3.05, 3.63) is 38.7 Å². The number of thiol groups is 1. The summed E-state index contributed by atoms with van der Waals surface area (Å²) in [6, 6.07) is 4.87. The van der Waals surface area contributed by atoms with Gasteiger partial charge in [-0.15, -0.1) is 0 Å². The zero-order chi connectivity index (χ0) is 19.3. The lowest BCUT2D eigenvalue weighted by molar-refractivity contribution is -0.149. The predicted octanol–water partition coefficient (Wildman–Crippen LogP) is 4.30. The number of hydrogen-bond acceptors (Lipinski definition) is 5. The molecule has 1 heterocycles. The van der Waals surface area contributed by atoms with Crippen molar-refractivity contribution in [1.82, 2.24) is 0 Å². The van der Waals surface area contributed by atoms with Crippen LogP contribution in [0.3, 0.4) is 0 Å². The van der Waals surface area contributed by atoms with E-state index >= 15 is 0 Å². The molecule has 1 saturated heterocycles. The monoisotopic (exact) mass is 419 g/mol. The van der Waals surface area contributed by atoms with Gasteiger partial charge in [0.25, 0.3) is 0 Å². The van der Waals surface area contributed by atoms with Crippen LogP contribution in [0.1, 0.15) is 20.3 Å². The third kappa shape index (κ3) is 5.20. The number of carbonyl (C=O) groups is 2. The molecule has 0 N–H and O–H groups in total. The maximum atomic E-state index is 11.6. The first-order valence-corrected chi connectivity index (χ1v) is 10.2. The van der Waals surface area contributed by atoms with E-state index in [9.17, 15) is 9.59 Å². The second-order valence-corrected chi connectivity index (χ2v) is 9.18. The lowest BCUT2D eigenvalue weighted by Crippen LogP contribution is -2.46. The Balaban J connectivity index is 2.40. The van der Waals surface area contributed by atoms with Gasteiger partial charge in [0.1, 0.15) is 12.7 Å². The highest BCUT2D eigenvalue weighted by Crippen LogP contribution is 2.49. The van der Waals surface area contributed by atoms with Crippen molar-refractivity contribution in [2.24, 2.45) is 5.11 Å². The minimum absolute atomic E-state index is 0.0661. The summed E-state index contributed by atoms with van der Waals surface area (Å²) in [6.45, 7) is 2.68. The highest BCUT2D eigenvalue weighted by Gasteiger charge is 2.41. The molecule has 0 saturated carbocycles. The Morgan fingerprint density at radius 1 is 1.31 bits per heavy atom. The molecule has 1 aromatic rings. The second kappa shape index (κ2) is 9.37. The largest absolute Gasteiger partial charge is 0.465 e. The van der Waals surface area contributed by atoms with Crippen LogP contribution in [-0.2, 0) is 19.1 Å². The molecule has 1 aliphatic heterocycles. The third-order valence-electron chi connectivity index (χ3n) is 4.02. The number of carbonyl (C=O) groups excluding carboxylic acids is 2. The van der Waals surface area contributed by atoms with Crippen molar-refractivity contribution in [3.63, 3.8) is 0 Å². The minimum atomic E-state index is -0.878. The Morgan fingerprint density at radius 3 is 2.62 bits per heavy atom. The molecule has 26 heavy (non-hydrogen) atoms. The van der Waals surface area contributed by atoms with Crippen molar-refractivity contribution in [1.29, 1.82) is 0 Å². The van der Waals surface area contributed by atoms with Crippen LogP contribution in [0.5, 0.6) is 0 Å². The lowest BCUT2D eigenvalue weighted by Gasteiger charge is -2.43. The van der Waals surface area contributed by atoms with Crippen LogP contribution >= 0.6 is 34.1 Å². The van der Waals surface area contributed by atoms with E-state index in [2.05, 4.69) is 10.0 Å². The Kier molecular flexibility index (Phi) is 7.46. The van der Waals surface area contributed by atoms with Gasteiger partial charge in [-0.3, -0.25) is 9.59 Å². The number of azide groups is 1. The summed E-state index contributed by atoms with van der Waals surface area (Å²) < 4.78 is 10.7. The molecular weight excluding hydrogens is 401 g/mol. The van der Waals surface area contributed by atoms with Crippen LogP contribution in [-0.4, -0.2) is 41.7 Å². The summed E-state index contributed by atoms with van der Waals surface area (Å²) >= 11 is 12.2. The number of nitrogens with zero attached hydrogens (tertiary/aromatic N) is 3. The van der Waals surface area contributed by atoms with Gasteiger partial charge in [-0.05, 0) is 40.8 Å². The molecule has 142 valence electrons. The molecule has 10 heteroatoms. The van der Waals surface area contributed by atoms with Crippen LogP contribution in [0.2, 0.25) is 10.0 Å². The highest BCUT2D eigenvalue weighted by molar-refractivity contribution is 8.17. The number of ether oxygens (including phenoxy) is 2. The fraction of sp³-hybridized carbons (Fsp3) is 0.500. The Hall–Kier alpha value is -1.60. The molecule has 1 aliphatic rings. The van der Waals surface area contributed by atoms with Crippen LogP contribution in [0.25, 0.3) is 10.4 Å². The summed E-state index contributed by atoms with van der Waals surface area (Å²) in [6.07, 6.45) is -0.109. The van der Waals surface area contributed by atoms with E-state index in [0.717, 1.165) is 10.6 Å². The summed E-state index contributed by atoms with van der Waals surface area (Å²) in [4.78, 5) is 26.7. The summed E-state index contributed by atoms with van der Waals surface area (Å²) in [5.41, 5.74) is 8.83. The van der Waals surface area contributed by atoms with E-state index in [0.29, 0.717) is 16.5 Å². The van der Waals surface area contributed by atoms with E-state index in [-0.39, 0.29) is 11.9 Å². The van der Waals surface area contributed by atoms with Gasteiger partial charge in [-0.2, -0.15) is 0 Å². The number of esters is 2. The van der Waals surface area contributed by atoms with Gasteiger partial charge in [0.05, 0.1) is 21.3 Å². The average molecular weight is 420 g/mol. The van der Waals surface area contributed by atoms with Gasteiger partial charge >= 0.3 is 11.9 Å². The van der Waals surface area contributed by atoms with E-state index in [4.69, 9.17) is 38.2 Å². The van der Waals surface area contributed by atoms with Crippen molar-refractivity contribution in [2.75, 3.05) is 12.4 Å². The van der Waals surface area contributed by atoms with Gasteiger partial charge in [0.2, 0.25) is 0 Å². The summed E-state index contributed by atoms with van der Waals surface area (Å²) in [5.74, 6) is -0.186.